The van der Waals surface area contributed by atoms with Crippen molar-refractivity contribution in [3.8, 4) is 5.88 Å². The van der Waals surface area contributed by atoms with E-state index in [1.807, 2.05) is 24.3 Å². The fourth-order valence-corrected chi connectivity index (χ4v) is 4.15. The van der Waals surface area contributed by atoms with Gasteiger partial charge < -0.3 is 5.11 Å². The van der Waals surface area contributed by atoms with E-state index in [9.17, 15) is 5.11 Å². The lowest BCUT2D eigenvalue weighted by Crippen LogP contribution is -2.07. The molecule has 0 bridgehead atoms. The summed E-state index contributed by atoms with van der Waals surface area (Å²) in [4.78, 5) is 4.47. The molecular formula is C16H10ClN5OS3. The van der Waals surface area contributed by atoms with E-state index in [4.69, 9.17) is 23.8 Å². The minimum absolute atomic E-state index is 0.114. The number of hydrogen-bond donors (Lipinski definition) is 2. The molecule has 0 saturated heterocycles. The molecule has 0 spiro atoms. The molecule has 26 heavy (non-hydrogen) atoms. The third-order valence-corrected chi connectivity index (χ3v) is 5.79. The summed E-state index contributed by atoms with van der Waals surface area (Å²) < 4.78 is 2.82. The number of rotatable bonds is 4. The summed E-state index contributed by atoms with van der Waals surface area (Å²) in [5.41, 5.74) is 4.52. The molecular weight excluding hydrogens is 410 g/mol. The zero-order valence-corrected chi connectivity index (χ0v) is 16.2. The molecule has 0 radical (unpaired) electrons. The average Bonchev–Trinajstić information content (AvgIpc) is 3.17. The highest BCUT2D eigenvalue weighted by Gasteiger charge is 2.13. The Morgan fingerprint density at radius 1 is 1.08 bits per heavy atom. The third kappa shape index (κ3) is 3.47. The number of nitrogens with zero attached hydrogens (tertiary/aromatic N) is 4. The Labute approximate surface area is 166 Å². The van der Waals surface area contributed by atoms with E-state index in [-0.39, 0.29) is 5.88 Å². The first-order valence-electron chi connectivity index (χ1n) is 7.35. The number of fused-ring (bicyclic) bond motifs is 1. The van der Waals surface area contributed by atoms with E-state index < -0.39 is 0 Å². The van der Waals surface area contributed by atoms with Gasteiger partial charge in [-0.25, -0.2) is 4.98 Å². The first-order chi connectivity index (χ1) is 12.6. The summed E-state index contributed by atoms with van der Waals surface area (Å²) >= 11 is 13.8. The molecule has 130 valence electrons. The van der Waals surface area contributed by atoms with Crippen LogP contribution in [-0.2, 0) is 0 Å². The summed E-state index contributed by atoms with van der Waals surface area (Å²) in [6.07, 6.45) is 0. The molecule has 4 rings (SSSR count). The Kier molecular flexibility index (Phi) is 4.68. The molecule has 10 heteroatoms. The Morgan fingerprint density at radius 3 is 2.62 bits per heavy atom. The number of azo groups is 1. The van der Waals surface area contributed by atoms with Gasteiger partial charge in [-0.15, -0.1) is 10.2 Å². The van der Waals surface area contributed by atoms with Crippen molar-refractivity contribution in [3.05, 3.63) is 57.5 Å². The van der Waals surface area contributed by atoms with Crippen LogP contribution in [0.4, 0.5) is 15.8 Å². The summed E-state index contributed by atoms with van der Waals surface area (Å²) in [6, 6.07) is 14.7. The van der Waals surface area contributed by atoms with E-state index in [1.165, 1.54) is 16.0 Å². The molecule has 4 aromatic rings. The van der Waals surface area contributed by atoms with Crippen LogP contribution in [0.1, 0.15) is 0 Å². The molecule has 2 aromatic heterocycles. The van der Waals surface area contributed by atoms with Gasteiger partial charge in [0.25, 0.3) is 5.88 Å². The Bertz CT molecular complexity index is 1130. The second-order valence-corrected chi connectivity index (χ2v) is 8.20. The van der Waals surface area contributed by atoms with E-state index in [0.29, 0.717) is 24.8 Å². The van der Waals surface area contributed by atoms with Gasteiger partial charge >= 0.3 is 0 Å². The number of benzene rings is 2. The van der Waals surface area contributed by atoms with Gasteiger partial charge in [0, 0.05) is 5.02 Å². The normalized spacial score (nSPS) is 11.4. The van der Waals surface area contributed by atoms with Gasteiger partial charge in [0.2, 0.25) is 10.1 Å². The molecule has 2 N–H and O–H groups in total. The van der Waals surface area contributed by atoms with Crippen molar-refractivity contribution in [3.63, 3.8) is 0 Å². The van der Waals surface area contributed by atoms with Crippen LogP contribution in [0.3, 0.4) is 0 Å². The second-order valence-electron chi connectivity index (χ2n) is 5.11. The van der Waals surface area contributed by atoms with Crippen molar-refractivity contribution in [2.45, 2.75) is 0 Å². The minimum atomic E-state index is -0.114. The molecule has 2 heterocycles. The van der Waals surface area contributed by atoms with Crippen LogP contribution in [0, 0.1) is 3.95 Å². The monoisotopic (exact) mass is 419 g/mol. The van der Waals surface area contributed by atoms with Crippen LogP contribution in [-0.4, -0.2) is 14.8 Å². The minimum Gasteiger partial charge on any atom is -0.491 e. The molecule has 0 aliphatic heterocycles. The molecule has 0 fully saturated rings. The molecule has 0 saturated carbocycles. The van der Waals surface area contributed by atoms with Crippen molar-refractivity contribution < 1.29 is 5.11 Å². The van der Waals surface area contributed by atoms with E-state index in [0.717, 1.165) is 21.6 Å². The predicted molar refractivity (Wildman–Crippen MR) is 109 cm³/mol. The van der Waals surface area contributed by atoms with Gasteiger partial charge in [0.15, 0.2) is 3.95 Å². The molecule has 0 aliphatic rings. The molecule has 0 atom stereocenters. The smallest absolute Gasteiger partial charge is 0.251 e. The Morgan fingerprint density at radius 2 is 1.85 bits per heavy atom. The maximum atomic E-state index is 10.4. The van der Waals surface area contributed by atoms with Crippen molar-refractivity contribution >= 4 is 72.5 Å². The number of nitrogens with one attached hydrogen (secondary N) is 1. The average molecular weight is 420 g/mol. The van der Waals surface area contributed by atoms with Gasteiger partial charge in [-0.1, -0.05) is 46.4 Å². The lowest BCUT2D eigenvalue weighted by molar-refractivity contribution is 0.436. The van der Waals surface area contributed by atoms with Crippen LogP contribution in [0.15, 0.2) is 58.8 Å². The number of aromatic nitrogens is 2. The standard InChI is InChI=1S/C16H10ClN5OS3/c17-9-5-7-10(8-6-9)19-20-13-14(23)22(16(24)26-13)21-15-18-11-3-1-2-4-12(11)25-15/h1-8,23H,(H,18,21). The van der Waals surface area contributed by atoms with Gasteiger partial charge in [-0.05, 0) is 48.6 Å². The quantitative estimate of drug-likeness (QED) is 0.291. The molecule has 6 nitrogen and oxygen atoms in total. The van der Waals surface area contributed by atoms with Crippen LogP contribution in [0.2, 0.25) is 5.02 Å². The predicted octanol–water partition coefficient (Wildman–Crippen LogP) is 6.54. The SMILES string of the molecule is Oc1c(N=Nc2ccc(Cl)cc2)sc(=S)n1Nc1nc2ccccc2s1. The fraction of sp³-hybridized carbons (Fsp3) is 0. The lowest BCUT2D eigenvalue weighted by Gasteiger charge is -2.03. The fourth-order valence-electron chi connectivity index (χ4n) is 2.15. The highest BCUT2D eigenvalue weighted by molar-refractivity contribution is 7.73. The molecule has 0 amide bonds. The van der Waals surface area contributed by atoms with Gasteiger partial charge in [0.1, 0.15) is 0 Å². The first kappa shape index (κ1) is 17.1. The zero-order valence-electron chi connectivity index (χ0n) is 13.0. The van der Waals surface area contributed by atoms with Crippen molar-refractivity contribution in [1.82, 2.24) is 9.66 Å². The highest BCUT2D eigenvalue weighted by Crippen LogP contribution is 2.36. The lowest BCUT2D eigenvalue weighted by atomic mass is 10.3. The van der Waals surface area contributed by atoms with Crippen molar-refractivity contribution in [2.24, 2.45) is 10.2 Å². The van der Waals surface area contributed by atoms with E-state index >= 15 is 0 Å². The highest BCUT2D eigenvalue weighted by atomic mass is 35.5. The summed E-state index contributed by atoms with van der Waals surface area (Å²) in [7, 11) is 0. The third-order valence-electron chi connectivity index (χ3n) is 3.35. The molecule has 0 aliphatic carbocycles. The maximum Gasteiger partial charge on any atom is 0.251 e. The van der Waals surface area contributed by atoms with Gasteiger partial charge in [-0.3, -0.25) is 5.43 Å². The van der Waals surface area contributed by atoms with Crippen LogP contribution in [0.5, 0.6) is 5.88 Å². The van der Waals surface area contributed by atoms with Crippen LogP contribution >= 0.6 is 46.5 Å². The van der Waals surface area contributed by atoms with Crippen LogP contribution in [0.25, 0.3) is 10.2 Å². The van der Waals surface area contributed by atoms with E-state index in [2.05, 4.69) is 20.6 Å². The number of para-hydroxylation sites is 1. The summed E-state index contributed by atoms with van der Waals surface area (Å²) in [5, 5.41) is 20.1. The van der Waals surface area contributed by atoms with Crippen molar-refractivity contribution in [2.75, 3.05) is 5.43 Å². The Balaban J connectivity index is 1.61. The number of halogens is 1. The number of hydrogen-bond acceptors (Lipinski definition) is 8. The molecule has 0 unspecified atom stereocenters. The summed E-state index contributed by atoms with van der Waals surface area (Å²) in [6.45, 7) is 0. The summed E-state index contributed by atoms with van der Waals surface area (Å²) in [5.74, 6) is -0.114. The number of aromatic hydroxyl groups is 1. The maximum absolute atomic E-state index is 10.4. The molecule has 2 aromatic carbocycles. The van der Waals surface area contributed by atoms with E-state index in [1.54, 1.807) is 24.3 Å². The van der Waals surface area contributed by atoms with Crippen molar-refractivity contribution in [1.29, 1.82) is 0 Å². The first-order valence-corrected chi connectivity index (χ1v) is 9.77. The topological polar surface area (TPSA) is 74.8 Å². The second kappa shape index (κ2) is 7.12. The van der Waals surface area contributed by atoms with Crippen LogP contribution < -0.4 is 5.43 Å². The van der Waals surface area contributed by atoms with Gasteiger partial charge in [0.05, 0.1) is 15.9 Å². The number of thiazole rings is 2. The van der Waals surface area contributed by atoms with Gasteiger partial charge in [-0.2, -0.15) is 4.68 Å². The Hall–Kier alpha value is -2.33. The zero-order chi connectivity index (χ0) is 18.1. The number of anilines is 1. The largest absolute Gasteiger partial charge is 0.491 e.